The molecule has 3 aromatic rings. The quantitative estimate of drug-likeness (QED) is 0.689. The van der Waals surface area contributed by atoms with E-state index in [9.17, 15) is 4.79 Å². The normalized spacial score (nSPS) is 15.4. The van der Waals surface area contributed by atoms with Crippen LogP contribution in [0.2, 0.25) is 5.02 Å². The number of amides is 1. The van der Waals surface area contributed by atoms with E-state index in [0.29, 0.717) is 17.3 Å². The largest absolute Gasteiger partial charge is 0.486 e. The molecule has 0 aliphatic carbocycles. The first kappa shape index (κ1) is 18.1. The molecule has 5 nitrogen and oxygen atoms in total. The lowest BCUT2D eigenvalue weighted by molar-refractivity contribution is -0.120. The van der Waals surface area contributed by atoms with E-state index in [4.69, 9.17) is 20.9 Å². The molecule has 27 heavy (non-hydrogen) atoms. The van der Waals surface area contributed by atoms with Gasteiger partial charge in [0, 0.05) is 17.5 Å². The molecule has 0 bridgehead atoms. The summed E-state index contributed by atoms with van der Waals surface area (Å²) < 4.78 is 11.1. The molecule has 0 radical (unpaired) electrons. The van der Waals surface area contributed by atoms with Gasteiger partial charge < -0.3 is 14.6 Å². The summed E-state index contributed by atoms with van der Waals surface area (Å²) >= 11 is 8.08. The zero-order chi connectivity index (χ0) is 19.0. The Morgan fingerprint density at radius 3 is 2.93 bits per heavy atom. The number of hydrogen-bond acceptors (Lipinski definition) is 5. The van der Waals surface area contributed by atoms with E-state index in [-0.39, 0.29) is 18.4 Å². The highest BCUT2D eigenvalue weighted by Gasteiger charge is 2.26. The first-order valence-corrected chi connectivity index (χ1v) is 10.0. The maximum absolute atomic E-state index is 12.3. The van der Waals surface area contributed by atoms with Gasteiger partial charge in [-0.3, -0.25) is 4.79 Å². The van der Waals surface area contributed by atoms with Crippen molar-refractivity contribution >= 4 is 28.8 Å². The lowest BCUT2D eigenvalue weighted by Crippen LogP contribution is -2.35. The molecule has 1 atom stereocenters. The first-order chi connectivity index (χ1) is 13.0. The number of ether oxygens (including phenoxy) is 1. The minimum atomic E-state index is -0.121. The van der Waals surface area contributed by atoms with Crippen molar-refractivity contribution in [2.24, 2.45) is 0 Å². The lowest BCUT2D eigenvalue weighted by Gasteiger charge is -2.12. The van der Waals surface area contributed by atoms with Crippen LogP contribution in [-0.4, -0.2) is 23.7 Å². The SMILES string of the molecule is Cc1noc(C)c1CC(=O)NCC1Cc2cc(-c3ccsc3)cc(Cl)c2O1. The summed E-state index contributed by atoms with van der Waals surface area (Å²) in [5.74, 6) is 1.33. The van der Waals surface area contributed by atoms with Gasteiger partial charge in [0.25, 0.3) is 0 Å². The number of benzene rings is 1. The first-order valence-electron chi connectivity index (χ1n) is 8.71. The van der Waals surface area contributed by atoms with Crippen LogP contribution in [0.25, 0.3) is 11.1 Å². The number of aromatic nitrogens is 1. The van der Waals surface area contributed by atoms with Crippen molar-refractivity contribution in [2.75, 3.05) is 6.54 Å². The smallest absolute Gasteiger partial charge is 0.224 e. The Bertz CT molecular complexity index is 962. The van der Waals surface area contributed by atoms with Crippen LogP contribution in [0.5, 0.6) is 5.75 Å². The maximum atomic E-state index is 12.3. The highest BCUT2D eigenvalue weighted by atomic mass is 35.5. The molecule has 4 rings (SSSR count). The van der Waals surface area contributed by atoms with E-state index >= 15 is 0 Å². The number of halogens is 1. The van der Waals surface area contributed by atoms with Crippen LogP contribution in [0.15, 0.2) is 33.5 Å². The van der Waals surface area contributed by atoms with Crippen molar-refractivity contribution < 1.29 is 14.1 Å². The molecule has 1 aromatic carbocycles. The number of rotatable bonds is 5. The Hall–Kier alpha value is -2.31. The van der Waals surface area contributed by atoms with Crippen LogP contribution >= 0.6 is 22.9 Å². The minimum absolute atomic E-state index is 0.0750. The fourth-order valence-electron chi connectivity index (χ4n) is 3.30. The molecule has 1 aliphatic heterocycles. The standard InChI is InChI=1S/C20H19ClN2O3S/c1-11-17(12(2)26-23-11)8-19(24)22-9-16-6-15-5-14(13-3-4-27-10-13)7-18(21)20(15)25-16/h3-5,7,10,16H,6,8-9H2,1-2H3,(H,22,24). The summed E-state index contributed by atoms with van der Waals surface area (Å²) in [5.41, 5.74) is 4.91. The number of nitrogens with one attached hydrogen (secondary N) is 1. The molecule has 0 spiro atoms. The van der Waals surface area contributed by atoms with E-state index < -0.39 is 0 Å². The third-order valence-corrected chi connectivity index (χ3v) is 5.72. The van der Waals surface area contributed by atoms with Gasteiger partial charge >= 0.3 is 0 Å². The third-order valence-electron chi connectivity index (χ3n) is 4.75. The van der Waals surface area contributed by atoms with E-state index in [0.717, 1.165) is 40.1 Å². The maximum Gasteiger partial charge on any atom is 0.224 e. The highest BCUT2D eigenvalue weighted by molar-refractivity contribution is 7.08. The van der Waals surface area contributed by atoms with Crippen LogP contribution in [0, 0.1) is 13.8 Å². The Labute approximate surface area is 166 Å². The summed E-state index contributed by atoms with van der Waals surface area (Å²) in [5, 5.41) is 11.6. The molecule has 140 valence electrons. The number of thiophene rings is 1. The van der Waals surface area contributed by atoms with Crippen LogP contribution in [0.3, 0.4) is 0 Å². The summed E-state index contributed by atoms with van der Waals surface area (Å²) in [6.07, 6.45) is 0.853. The fraction of sp³-hybridized carbons (Fsp3) is 0.300. The van der Waals surface area contributed by atoms with Gasteiger partial charge in [-0.25, -0.2) is 0 Å². The van der Waals surface area contributed by atoms with Crippen LogP contribution in [0.4, 0.5) is 0 Å². The van der Waals surface area contributed by atoms with E-state index in [1.165, 1.54) is 0 Å². The number of carbonyl (C=O) groups excluding carboxylic acids is 1. The molecule has 1 unspecified atom stereocenters. The molecule has 0 saturated heterocycles. The van der Waals surface area contributed by atoms with Gasteiger partial charge in [0.2, 0.25) is 5.91 Å². The average molecular weight is 403 g/mol. The number of aryl methyl sites for hydroxylation is 2. The monoisotopic (exact) mass is 402 g/mol. The van der Waals surface area contributed by atoms with E-state index in [1.54, 1.807) is 11.3 Å². The summed E-state index contributed by atoms with van der Waals surface area (Å²) in [7, 11) is 0. The average Bonchev–Trinajstić information content (AvgIpc) is 3.36. The predicted molar refractivity (Wildman–Crippen MR) is 106 cm³/mol. The van der Waals surface area contributed by atoms with Crippen molar-refractivity contribution in [1.82, 2.24) is 10.5 Å². The highest BCUT2D eigenvalue weighted by Crippen LogP contribution is 2.39. The Kier molecular flexibility index (Phi) is 4.93. The fourth-order valence-corrected chi connectivity index (χ4v) is 4.25. The minimum Gasteiger partial charge on any atom is -0.486 e. The predicted octanol–water partition coefficient (Wildman–Crippen LogP) is 4.34. The Balaban J connectivity index is 1.39. The van der Waals surface area contributed by atoms with Gasteiger partial charge in [0.1, 0.15) is 17.6 Å². The topological polar surface area (TPSA) is 64.4 Å². The van der Waals surface area contributed by atoms with E-state index in [2.05, 4.69) is 28.0 Å². The molecular weight excluding hydrogens is 384 g/mol. The zero-order valence-electron chi connectivity index (χ0n) is 15.0. The van der Waals surface area contributed by atoms with Crippen molar-refractivity contribution in [3.63, 3.8) is 0 Å². The second kappa shape index (κ2) is 7.37. The van der Waals surface area contributed by atoms with Gasteiger partial charge in [-0.1, -0.05) is 16.8 Å². The van der Waals surface area contributed by atoms with Crippen LogP contribution in [-0.2, 0) is 17.6 Å². The number of hydrogen-bond donors (Lipinski definition) is 1. The summed E-state index contributed by atoms with van der Waals surface area (Å²) in [4.78, 5) is 12.3. The Morgan fingerprint density at radius 1 is 1.37 bits per heavy atom. The molecule has 1 aliphatic rings. The zero-order valence-corrected chi connectivity index (χ0v) is 16.6. The van der Waals surface area contributed by atoms with Crippen LogP contribution in [0.1, 0.15) is 22.6 Å². The van der Waals surface area contributed by atoms with Crippen molar-refractivity contribution in [1.29, 1.82) is 0 Å². The van der Waals surface area contributed by atoms with E-state index in [1.807, 2.05) is 25.3 Å². The number of carbonyl (C=O) groups is 1. The molecule has 1 amide bonds. The van der Waals surface area contributed by atoms with Gasteiger partial charge in [-0.15, -0.1) is 0 Å². The molecule has 0 fully saturated rings. The Morgan fingerprint density at radius 2 is 2.22 bits per heavy atom. The second-order valence-electron chi connectivity index (χ2n) is 6.69. The summed E-state index contributed by atoms with van der Waals surface area (Å²) in [6, 6.07) is 6.13. The van der Waals surface area contributed by atoms with Gasteiger partial charge in [-0.05, 0) is 53.9 Å². The van der Waals surface area contributed by atoms with Crippen molar-refractivity contribution in [3.8, 4) is 16.9 Å². The molecule has 1 N–H and O–H groups in total. The molecule has 2 aromatic heterocycles. The van der Waals surface area contributed by atoms with Gasteiger partial charge in [0.05, 0.1) is 23.7 Å². The van der Waals surface area contributed by atoms with Gasteiger partial charge in [0.15, 0.2) is 0 Å². The van der Waals surface area contributed by atoms with Gasteiger partial charge in [-0.2, -0.15) is 11.3 Å². The van der Waals surface area contributed by atoms with Crippen LogP contribution < -0.4 is 10.1 Å². The third kappa shape index (κ3) is 3.73. The van der Waals surface area contributed by atoms with Crippen molar-refractivity contribution in [2.45, 2.75) is 32.8 Å². The second-order valence-corrected chi connectivity index (χ2v) is 7.87. The molecular formula is C20H19ClN2O3S. The molecule has 0 saturated carbocycles. The molecule has 7 heteroatoms. The molecule has 3 heterocycles. The lowest BCUT2D eigenvalue weighted by atomic mass is 10.0. The number of fused-ring (bicyclic) bond motifs is 1. The number of nitrogens with zero attached hydrogens (tertiary/aromatic N) is 1. The summed E-state index contributed by atoms with van der Waals surface area (Å²) in [6.45, 7) is 4.08. The van der Waals surface area contributed by atoms with Crippen molar-refractivity contribution in [3.05, 3.63) is 56.6 Å².